The molecule has 0 radical (unpaired) electrons. The first-order valence-corrected chi connectivity index (χ1v) is 6.48. The van der Waals surface area contributed by atoms with Gasteiger partial charge in [-0.15, -0.1) is 0 Å². The first-order chi connectivity index (χ1) is 10.0. The zero-order valence-corrected chi connectivity index (χ0v) is 12.1. The topological polar surface area (TPSA) is 30.5 Å². The number of methoxy groups -OCH3 is 2. The maximum atomic E-state index is 13.7. The van der Waals surface area contributed by atoms with Crippen molar-refractivity contribution in [2.45, 2.75) is 13.0 Å². The predicted octanol–water partition coefficient (Wildman–Crippen LogP) is 4.16. The molecule has 0 aliphatic rings. The van der Waals surface area contributed by atoms with Crippen molar-refractivity contribution in [1.82, 2.24) is 0 Å². The Morgan fingerprint density at radius 2 is 1.67 bits per heavy atom. The number of ether oxygens (including phenoxy) is 2. The Morgan fingerprint density at radius 1 is 0.952 bits per heavy atom. The normalized spacial score (nSPS) is 11.9. The van der Waals surface area contributed by atoms with Crippen LogP contribution in [-0.2, 0) is 0 Å². The highest BCUT2D eigenvalue weighted by molar-refractivity contribution is 5.57. The van der Waals surface area contributed by atoms with Gasteiger partial charge in [0.25, 0.3) is 0 Å². The van der Waals surface area contributed by atoms with E-state index in [1.807, 2.05) is 6.92 Å². The lowest BCUT2D eigenvalue weighted by Crippen LogP contribution is -2.08. The smallest absolute Gasteiger partial charge is 0.165 e. The third kappa shape index (κ3) is 3.42. The van der Waals surface area contributed by atoms with Crippen LogP contribution in [0.4, 0.5) is 14.5 Å². The van der Waals surface area contributed by atoms with Crippen LogP contribution in [0.1, 0.15) is 18.5 Å². The van der Waals surface area contributed by atoms with E-state index in [0.717, 1.165) is 5.56 Å². The van der Waals surface area contributed by atoms with Gasteiger partial charge in [0.1, 0.15) is 11.6 Å². The summed E-state index contributed by atoms with van der Waals surface area (Å²) in [4.78, 5) is 0. The van der Waals surface area contributed by atoms with Crippen molar-refractivity contribution in [3.8, 4) is 11.5 Å². The van der Waals surface area contributed by atoms with Crippen LogP contribution >= 0.6 is 0 Å². The Morgan fingerprint density at radius 3 is 2.29 bits per heavy atom. The van der Waals surface area contributed by atoms with Gasteiger partial charge < -0.3 is 14.8 Å². The maximum Gasteiger partial charge on any atom is 0.165 e. The summed E-state index contributed by atoms with van der Waals surface area (Å²) < 4.78 is 36.9. The highest BCUT2D eigenvalue weighted by Crippen LogP contribution is 2.30. The molecule has 0 bridgehead atoms. The van der Waals surface area contributed by atoms with Gasteiger partial charge in [0.15, 0.2) is 11.6 Å². The minimum atomic E-state index is -0.422. The van der Waals surface area contributed by atoms with Crippen molar-refractivity contribution in [3.05, 3.63) is 53.6 Å². The Balaban J connectivity index is 2.21. The first kappa shape index (κ1) is 15.1. The molecule has 0 saturated heterocycles. The number of rotatable bonds is 5. The molecule has 0 aliphatic heterocycles. The molecule has 21 heavy (non-hydrogen) atoms. The van der Waals surface area contributed by atoms with Crippen molar-refractivity contribution in [2.75, 3.05) is 19.5 Å². The van der Waals surface area contributed by atoms with E-state index < -0.39 is 5.82 Å². The van der Waals surface area contributed by atoms with Gasteiger partial charge in [0, 0.05) is 12.1 Å². The molecule has 3 nitrogen and oxygen atoms in total. The molecule has 0 aromatic heterocycles. The van der Waals surface area contributed by atoms with Gasteiger partial charge in [-0.05, 0) is 36.8 Å². The summed E-state index contributed by atoms with van der Waals surface area (Å²) >= 11 is 0. The summed E-state index contributed by atoms with van der Waals surface area (Å²) in [6.45, 7) is 1.88. The second-order valence-electron chi connectivity index (χ2n) is 4.60. The average molecular weight is 293 g/mol. The molecule has 0 spiro atoms. The molecule has 1 atom stereocenters. The number of hydrogen-bond donors (Lipinski definition) is 1. The number of hydrogen-bond acceptors (Lipinski definition) is 3. The minimum absolute atomic E-state index is 0.176. The van der Waals surface area contributed by atoms with Crippen molar-refractivity contribution >= 4 is 5.69 Å². The quantitative estimate of drug-likeness (QED) is 0.898. The molecule has 2 rings (SSSR count). The fourth-order valence-electron chi connectivity index (χ4n) is 2.05. The standard InChI is InChI=1S/C16H17F2NO2/c1-10(11-4-7-15(20-2)13(18)8-11)19-14-6-5-12(17)9-16(14)21-3/h4-10,19H,1-3H3. The van der Waals surface area contributed by atoms with Crippen LogP contribution in [0.5, 0.6) is 11.5 Å². The van der Waals surface area contributed by atoms with E-state index in [1.54, 1.807) is 18.2 Å². The van der Waals surface area contributed by atoms with Crippen LogP contribution in [0.3, 0.4) is 0 Å². The Bertz CT molecular complexity index is 632. The SMILES string of the molecule is COc1ccc(C(C)Nc2ccc(F)cc2OC)cc1F. The van der Waals surface area contributed by atoms with Gasteiger partial charge in [0.2, 0.25) is 0 Å². The van der Waals surface area contributed by atoms with E-state index in [-0.39, 0.29) is 17.6 Å². The fourth-order valence-corrected chi connectivity index (χ4v) is 2.05. The summed E-state index contributed by atoms with van der Waals surface area (Å²) in [5.41, 5.74) is 1.39. The third-order valence-corrected chi connectivity index (χ3v) is 3.21. The third-order valence-electron chi connectivity index (χ3n) is 3.21. The lowest BCUT2D eigenvalue weighted by Gasteiger charge is -2.18. The van der Waals surface area contributed by atoms with E-state index in [0.29, 0.717) is 11.4 Å². The van der Waals surface area contributed by atoms with Crippen LogP contribution in [-0.4, -0.2) is 14.2 Å². The number of halogens is 2. The zero-order valence-electron chi connectivity index (χ0n) is 12.1. The number of nitrogens with one attached hydrogen (secondary N) is 1. The molecule has 2 aromatic carbocycles. The van der Waals surface area contributed by atoms with Crippen molar-refractivity contribution < 1.29 is 18.3 Å². The van der Waals surface area contributed by atoms with Crippen LogP contribution < -0.4 is 14.8 Å². The molecule has 0 aliphatic carbocycles. The summed E-state index contributed by atoms with van der Waals surface area (Å²) in [6.07, 6.45) is 0. The molecule has 5 heteroatoms. The fraction of sp³-hybridized carbons (Fsp3) is 0.250. The van der Waals surface area contributed by atoms with E-state index in [2.05, 4.69) is 5.32 Å². The van der Waals surface area contributed by atoms with Gasteiger partial charge in [-0.2, -0.15) is 0 Å². The first-order valence-electron chi connectivity index (χ1n) is 6.48. The predicted molar refractivity (Wildman–Crippen MR) is 77.9 cm³/mol. The second-order valence-corrected chi connectivity index (χ2v) is 4.60. The van der Waals surface area contributed by atoms with Gasteiger partial charge >= 0.3 is 0 Å². The van der Waals surface area contributed by atoms with E-state index in [1.165, 1.54) is 32.4 Å². The Hall–Kier alpha value is -2.30. The van der Waals surface area contributed by atoms with Crippen LogP contribution in [0, 0.1) is 11.6 Å². The van der Waals surface area contributed by atoms with E-state index in [4.69, 9.17) is 9.47 Å². The monoisotopic (exact) mass is 293 g/mol. The molecular weight excluding hydrogens is 276 g/mol. The molecule has 0 fully saturated rings. The van der Waals surface area contributed by atoms with Crippen molar-refractivity contribution in [2.24, 2.45) is 0 Å². The molecule has 2 aromatic rings. The van der Waals surface area contributed by atoms with Gasteiger partial charge in [-0.1, -0.05) is 6.07 Å². The highest BCUT2D eigenvalue weighted by atomic mass is 19.1. The molecule has 0 saturated carbocycles. The molecule has 0 amide bonds. The van der Waals surface area contributed by atoms with E-state index in [9.17, 15) is 8.78 Å². The number of benzene rings is 2. The lowest BCUT2D eigenvalue weighted by atomic mass is 10.1. The van der Waals surface area contributed by atoms with Crippen molar-refractivity contribution in [3.63, 3.8) is 0 Å². The van der Waals surface area contributed by atoms with E-state index >= 15 is 0 Å². The zero-order chi connectivity index (χ0) is 15.4. The largest absolute Gasteiger partial charge is 0.494 e. The molecule has 1 N–H and O–H groups in total. The molecule has 112 valence electrons. The molecular formula is C16H17F2NO2. The van der Waals surface area contributed by atoms with Crippen LogP contribution in [0.15, 0.2) is 36.4 Å². The van der Waals surface area contributed by atoms with Gasteiger partial charge in [-0.3, -0.25) is 0 Å². The van der Waals surface area contributed by atoms with Crippen LogP contribution in [0.2, 0.25) is 0 Å². The number of anilines is 1. The highest BCUT2D eigenvalue weighted by Gasteiger charge is 2.12. The van der Waals surface area contributed by atoms with Crippen LogP contribution in [0.25, 0.3) is 0 Å². The second kappa shape index (κ2) is 6.43. The maximum absolute atomic E-state index is 13.7. The molecule has 1 unspecified atom stereocenters. The summed E-state index contributed by atoms with van der Waals surface area (Å²) in [6, 6.07) is 8.80. The minimum Gasteiger partial charge on any atom is -0.494 e. The van der Waals surface area contributed by atoms with Crippen molar-refractivity contribution in [1.29, 1.82) is 0 Å². The summed E-state index contributed by atoms with van der Waals surface area (Å²) in [5.74, 6) is -0.198. The van der Waals surface area contributed by atoms with Gasteiger partial charge in [-0.25, -0.2) is 8.78 Å². The molecule has 0 heterocycles. The average Bonchev–Trinajstić information content (AvgIpc) is 2.48. The van der Waals surface area contributed by atoms with Gasteiger partial charge in [0.05, 0.1) is 19.9 Å². The Kier molecular flexibility index (Phi) is 4.62. The lowest BCUT2D eigenvalue weighted by molar-refractivity contribution is 0.386. The summed E-state index contributed by atoms with van der Waals surface area (Å²) in [7, 11) is 2.89. The summed E-state index contributed by atoms with van der Waals surface area (Å²) in [5, 5.41) is 3.17. The Labute approximate surface area is 122 Å².